The molecule has 164 valence electrons. The normalized spacial score (nSPS) is 17.5. The predicted octanol–water partition coefficient (Wildman–Crippen LogP) is 4.39. The van der Waals surface area contributed by atoms with E-state index in [9.17, 15) is 13.2 Å². The summed E-state index contributed by atoms with van der Waals surface area (Å²) in [7, 11) is -3.69. The number of amides is 1. The molecule has 0 saturated carbocycles. The number of halogens is 1. The van der Waals surface area contributed by atoms with Crippen molar-refractivity contribution in [2.24, 2.45) is 5.92 Å². The third-order valence-corrected chi connectivity index (χ3v) is 8.19. The summed E-state index contributed by atoms with van der Waals surface area (Å²) in [6, 6.07) is 11.7. The molecule has 1 fully saturated rings. The number of thiazole rings is 1. The highest BCUT2D eigenvalue weighted by Crippen LogP contribution is 2.33. The van der Waals surface area contributed by atoms with Crippen molar-refractivity contribution in [3.05, 3.63) is 47.5 Å². The number of rotatable bonds is 6. The summed E-state index contributed by atoms with van der Waals surface area (Å²) in [6.07, 6.45) is 1.23. The zero-order chi connectivity index (χ0) is 22.0. The van der Waals surface area contributed by atoms with Gasteiger partial charge >= 0.3 is 0 Å². The van der Waals surface area contributed by atoms with Gasteiger partial charge in [0.15, 0.2) is 5.13 Å². The van der Waals surface area contributed by atoms with E-state index in [1.165, 1.54) is 27.8 Å². The minimum absolute atomic E-state index is 0.131. The zero-order valence-corrected chi connectivity index (χ0v) is 19.3. The van der Waals surface area contributed by atoms with E-state index in [-0.39, 0.29) is 17.3 Å². The Kier molecular flexibility index (Phi) is 6.47. The van der Waals surface area contributed by atoms with E-state index in [1.54, 1.807) is 12.1 Å². The van der Waals surface area contributed by atoms with Crippen molar-refractivity contribution >= 4 is 54.2 Å². The number of carbonyl (C=O) groups is 1. The SMILES string of the molecule is CCOc1cccc2sc(NC(=O)C3CCCN(S(=O)(=O)c4ccc(Cl)cc4)C3)nc12. The lowest BCUT2D eigenvalue weighted by Gasteiger charge is -2.31. The lowest BCUT2D eigenvalue weighted by atomic mass is 9.99. The van der Waals surface area contributed by atoms with Gasteiger partial charge in [0.05, 0.1) is 22.1 Å². The van der Waals surface area contributed by atoms with Crippen LogP contribution in [0.15, 0.2) is 47.4 Å². The first-order chi connectivity index (χ1) is 14.9. The molecular weight excluding hydrogens is 458 g/mol. The maximum Gasteiger partial charge on any atom is 0.243 e. The number of piperidine rings is 1. The van der Waals surface area contributed by atoms with Gasteiger partial charge < -0.3 is 10.1 Å². The maximum atomic E-state index is 13.0. The molecule has 1 unspecified atom stereocenters. The van der Waals surface area contributed by atoms with E-state index in [0.29, 0.717) is 47.4 Å². The molecule has 1 atom stereocenters. The van der Waals surface area contributed by atoms with E-state index >= 15 is 0 Å². The van der Waals surface area contributed by atoms with Gasteiger partial charge in [0.1, 0.15) is 11.3 Å². The Labute approximate surface area is 190 Å². The fourth-order valence-electron chi connectivity index (χ4n) is 3.59. The standard InChI is InChI=1S/C21H22ClN3O4S2/c1-2-29-17-6-3-7-18-19(17)23-21(30-18)24-20(26)14-5-4-12-25(13-14)31(27,28)16-10-8-15(22)9-11-16/h3,6-11,14H,2,4-5,12-13H2,1H3,(H,23,24,26). The number of fused-ring (bicyclic) bond motifs is 1. The van der Waals surface area contributed by atoms with Crippen molar-refractivity contribution in [1.82, 2.24) is 9.29 Å². The maximum absolute atomic E-state index is 13.0. The van der Waals surface area contributed by atoms with Crippen LogP contribution in [0.3, 0.4) is 0 Å². The Morgan fingerprint density at radius 3 is 2.81 bits per heavy atom. The summed E-state index contributed by atoms with van der Waals surface area (Å²) in [5, 5.41) is 3.81. The molecule has 0 radical (unpaired) electrons. The predicted molar refractivity (Wildman–Crippen MR) is 122 cm³/mol. The first kappa shape index (κ1) is 22.0. The molecular formula is C21H22ClN3O4S2. The van der Waals surface area contributed by atoms with Crippen LogP contribution in [0.4, 0.5) is 5.13 Å². The fourth-order valence-corrected chi connectivity index (χ4v) is 6.12. The fraction of sp³-hybridized carbons (Fsp3) is 0.333. The number of nitrogens with one attached hydrogen (secondary N) is 1. The number of carbonyl (C=O) groups excluding carboxylic acids is 1. The van der Waals surface area contributed by atoms with Gasteiger partial charge in [-0.15, -0.1) is 0 Å². The second-order valence-electron chi connectivity index (χ2n) is 7.20. The van der Waals surface area contributed by atoms with Crippen molar-refractivity contribution in [3.8, 4) is 5.75 Å². The molecule has 0 aliphatic carbocycles. The quantitative estimate of drug-likeness (QED) is 0.566. The smallest absolute Gasteiger partial charge is 0.243 e. The first-order valence-electron chi connectivity index (χ1n) is 9.97. The van der Waals surface area contributed by atoms with E-state index in [0.717, 1.165) is 4.70 Å². The summed E-state index contributed by atoms with van der Waals surface area (Å²) >= 11 is 7.24. The Hall–Kier alpha value is -2.20. The van der Waals surface area contributed by atoms with E-state index in [1.807, 2.05) is 25.1 Å². The minimum Gasteiger partial charge on any atom is -0.492 e. The van der Waals surface area contributed by atoms with E-state index in [4.69, 9.17) is 16.3 Å². The molecule has 2 heterocycles. The van der Waals surface area contributed by atoms with Crippen molar-refractivity contribution in [3.63, 3.8) is 0 Å². The van der Waals surface area contributed by atoms with Gasteiger partial charge in [0, 0.05) is 18.1 Å². The molecule has 1 amide bonds. The Bertz CT molecular complexity index is 1200. The summed E-state index contributed by atoms with van der Waals surface area (Å²) in [5.74, 6) is -0.00290. The zero-order valence-electron chi connectivity index (χ0n) is 16.9. The Morgan fingerprint density at radius 1 is 1.29 bits per heavy atom. The number of ether oxygens (including phenoxy) is 1. The average molecular weight is 480 g/mol. The number of nitrogens with zero attached hydrogens (tertiary/aromatic N) is 2. The Morgan fingerprint density at radius 2 is 2.06 bits per heavy atom. The minimum atomic E-state index is -3.69. The molecule has 1 aliphatic heterocycles. The van der Waals surface area contributed by atoms with Crippen LogP contribution in [0.25, 0.3) is 10.2 Å². The van der Waals surface area contributed by atoms with Crippen LogP contribution >= 0.6 is 22.9 Å². The summed E-state index contributed by atoms with van der Waals surface area (Å²) in [6.45, 7) is 2.94. The molecule has 1 saturated heterocycles. The molecule has 7 nitrogen and oxygen atoms in total. The van der Waals surface area contributed by atoms with Gasteiger partial charge in [-0.25, -0.2) is 13.4 Å². The highest BCUT2D eigenvalue weighted by molar-refractivity contribution is 7.89. The number of sulfonamides is 1. The lowest BCUT2D eigenvalue weighted by molar-refractivity contribution is -0.120. The average Bonchev–Trinajstić information content (AvgIpc) is 3.18. The lowest BCUT2D eigenvalue weighted by Crippen LogP contribution is -2.43. The molecule has 31 heavy (non-hydrogen) atoms. The number of hydrogen-bond acceptors (Lipinski definition) is 6. The van der Waals surface area contributed by atoms with Gasteiger partial charge in [0.25, 0.3) is 0 Å². The van der Waals surface area contributed by atoms with Gasteiger partial charge in [-0.2, -0.15) is 4.31 Å². The van der Waals surface area contributed by atoms with Crippen LogP contribution in [0.5, 0.6) is 5.75 Å². The summed E-state index contributed by atoms with van der Waals surface area (Å²) in [4.78, 5) is 17.6. The molecule has 0 bridgehead atoms. The Balaban J connectivity index is 1.48. The van der Waals surface area contributed by atoms with Gasteiger partial charge in [0.2, 0.25) is 15.9 Å². The first-order valence-corrected chi connectivity index (χ1v) is 12.6. The van der Waals surface area contributed by atoms with Crippen molar-refractivity contribution in [2.45, 2.75) is 24.7 Å². The number of benzene rings is 2. The van der Waals surface area contributed by atoms with Gasteiger partial charge in [-0.1, -0.05) is 29.0 Å². The molecule has 1 N–H and O–H groups in total. The van der Waals surface area contributed by atoms with Crippen LogP contribution in [0, 0.1) is 5.92 Å². The summed E-state index contributed by atoms with van der Waals surface area (Å²) in [5.41, 5.74) is 0.709. The van der Waals surface area contributed by atoms with E-state index in [2.05, 4.69) is 10.3 Å². The molecule has 3 aromatic rings. The van der Waals surface area contributed by atoms with Crippen LogP contribution < -0.4 is 10.1 Å². The second-order valence-corrected chi connectivity index (χ2v) is 10.6. The van der Waals surface area contributed by atoms with Gasteiger partial charge in [-0.3, -0.25) is 4.79 Å². The van der Waals surface area contributed by atoms with Gasteiger partial charge in [-0.05, 0) is 56.2 Å². The van der Waals surface area contributed by atoms with E-state index < -0.39 is 15.9 Å². The summed E-state index contributed by atoms with van der Waals surface area (Å²) < 4.78 is 33.8. The molecule has 2 aromatic carbocycles. The number of hydrogen-bond donors (Lipinski definition) is 1. The topological polar surface area (TPSA) is 88.6 Å². The molecule has 4 rings (SSSR count). The third kappa shape index (κ3) is 4.69. The number of para-hydroxylation sites is 1. The van der Waals surface area contributed by atoms with Crippen molar-refractivity contribution in [1.29, 1.82) is 0 Å². The monoisotopic (exact) mass is 479 g/mol. The van der Waals surface area contributed by atoms with Crippen LogP contribution in [-0.2, 0) is 14.8 Å². The van der Waals surface area contributed by atoms with Crippen molar-refractivity contribution < 1.29 is 17.9 Å². The molecule has 0 spiro atoms. The third-order valence-electron chi connectivity index (χ3n) is 5.12. The molecule has 1 aromatic heterocycles. The number of aromatic nitrogens is 1. The van der Waals surface area contributed by atoms with Crippen LogP contribution in [0.2, 0.25) is 5.02 Å². The highest BCUT2D eigenvalue weighted by atomic mass is 35.5. The largest absolute Gasteiger partial charge is 0.492 e. The van der Waals surface area contributed by atoms with Crippen LogP contribution in [-0.4, -0.2) is 43.3 Å². The van der Waals surface area contributed by atoms with Crippen molar-refractivity contribution in [2.75, 3.05) is 25.0 Å². The van der Waals surface area contributed by atoms with Crippen LogP contribution in [0.1, 0.15) is 19.8 Å². The highest BCUT2D eigenvalue weighted by Gasteiger charge is 2.33. The molecule has 1 aliphatic rings. The number of anilines is 1. The molecule has 10 heteroatoms. The second kappa shape index (κ2) is 9.12.